The summed E-state index contributed by atoms with van der Waals surface area (Å²) in [6.07, 6.45) is -12.5. The van der Waals surface area contributed by atoms with Gasteiger partial charge in [-0.3, -0.25) is 9.11 Å². The van der Waals surface area contributed by atoms with E-state index in [-0.39, 0.29) is 6.61 Å². The lowest BCUT2D eigenvalue weighted by Crippen LogP contribution is -2.42. The Morgan fingerprint density at radius 3 is 0.897 bits per heavy atom. The molecule has 0 radical (unpaired) electrons. The maximum atomic E-state index is 11.8. The van der Waals surface area contributed by atoms with E-state index < -0.39 is 62.0 Å². The Kier molecular flexibility index (Phi) is 12.3. The molecule has 29 heavy (non-hydrogen) atoms. The standard InChI is InChI=1S/2C3H3F5O3S.C3H8O2/c2*4-2(5,3(6,7)8)1-12(9,10)11;1-3(5)2-4/h2*1H2,(H,9,10,11);3-5H,2H2,1H3. The van der Waals surface area contributed by atoms with Gasteiger partial charge in [0.25, 0.3) is 20.2 Å². The van der Waals surface area contributed by atoms with Crippen molar-refractivity contribution < 1.29 is 80.1 Å². The van der Waals surface area contributed by atoms with Gasteiger partial charge in [0.15, 0.2) is 0 Å². The van der Waals surface area contributed by atoms with E-state index >= 15 is 0 Å². The quantitative estimate of drug-likeness (QED) is 0.325. The maximum absolute atomic E-state index is 11.8. The van der Waals surface area contributed by atoms with Crippen LogP contribution in [0.2, 0.25) is 0 Å². The van der Waals surface area contributed by atoms with E-state index in [0.29, 0.717) is 0 Å². The van der Waals surface area contributed by atoms with Crippen LogP contribution in [0.15, 0.2) is 0 Å². The highest BCUT2D eigenvalue weighted by Crippen LogP contribution is 2.36. The molecular formula is C9H14F10O8S2. The summed E-state index contributed by atoms with van der Waals surface area (Å²) < 4.78 is 169. The summed E-state index contributed by atoms with van der Waals surface area (Å²) in [6, 6.07) is 0. The molecule has 0 aliphatic carbocycles. The number of halogens is 10. The molecule has 20 heteroatoms. The average Bonchev–Trinajstić information content (AvgIpc) is 2.31. The number of rotatable bonds is 5. The fourth-order valence-corrected chi connectivity index (χ4v) is 1.87. The zero-order valence-electron chi connectivity index (χ0n) is 13.7. The number of alkyl halides is 10. The predicted octanol–water partition coefficient (Wildman–Crippen LogP) is 1.50. The van der Waals surface area contributed by atoms with Crippen molar-refractivity contribution in [2.75, 3.05) is 18.1 Å². The van der Waals surface area contributed by atoms with Crippen LogP contribution in [0.5, 0.6) is 0 Å². The van der Waals surface area contributed by atoms with Crippen molar-refractivity contribution in [3.63, 3.8) is 0 Å². The monoisotopic (exact) mass is 504 g/mol. The van der Waals surface area contributed by atoms with Gasteiger partial charge in [-0.1, -0.05) is 0 Å². The van der Waals surface area contributed by atoms with E-state index in [1.54, 1.807) is 0 Å². The van der Waals surface area contributed by atoms with Gasteiger partial charge in [0.1, 0.15) is 11.5 Å². The lowest BCUT2D eigenvalue weighted by Gasteiger charge is -2.17. The summed E-state index contributed by atoms with van der Waals surface area (Å²) in [6.45, 7) is 1.39. The van der Waals surface area contributed by atoms with Crippen molar-refractivity contribution in [3.8, 4) is 0 Å². The molecule has 4 N–H and O–H groups in total. The fourth-order valence-electron chi connectivity index (χ4n) is 0.622. The molecule has 0 rings (SSSR count). The van der Waals surface area contributed by atoms with Crippen molar-refractivity contribution in [2.45, 2.75) is 37.2 Å². The Morgan fingerprint density at radius 2 is 0.862 bits per heavy atom. The van der Waals surface area contributed by atoms with Gasteiger partial charge >= 0.3 is 24.2 Å². The molecule has 1 unspecified atom stereocenters. The van der Waals surface area contributed by atoms with E-state index in [4.69, 9.17) is 19.3 Å². The molecule has 180 valence electrons. The first-order valence-electron chi connectivity index (χ1n) is 6.27. The molecule has 0 saturated carbocycles. The Hall–Kier alpha value is -0.960. The fraction of sp³-hybridized carbons (Fsp3) is 1.00. The molecule has 0 aromatic carbocycles. The molecule has 0 aromatic rings. The molecule has 0 aliphatic heterocycles. The molecule has 0 saturated heterocycles. The first-order chi connectivity index (χ1) is 12.2. The summed E-state index contributed by atoms with van der Waals surface area (Å²) in [5.74, 6) is -16.1. The van der Waals surface area contributed by atoms with Crippen LogP contribution in [0.3, 0.4) is 0 Å². The summed E-state index contributed by atoms with van der Waals surface area (Å²) >= 11 is 0. The second kappa shape index (κ2) is 10.9. The number of aliphatic hydroxyl groups is 2. The van der Waals surface area contributed by atoms with Crippen LogP contribution in [0.25, 0.3) is 0 Å². The summed E-state index contributed by atoms with van der Waals surface area (Å²) in [5.41, 5.74) is 0. The number of aliphatic hydroxyl groups excluding tert-OH is 2. The second-order valence-corrected chi connectivity index (χ2v) is 7.79. The molecule has 0 spiro atoms. The van der Waals surface area contributed by atoms with Gasteiger partial charge < -0.3 is 10.2 Å². The van der Waals surface area contributed by atoms with Crippen molar-refractivity contribution >= 4 is 20.2 Å². The normalized spacial score (nSPS) is 14.9. The lowest BCUT2D eigenvalue weighted by molar-refractivity contribution is -0.271. The summed E-state index contributed by atoms with van der Waals surface area (Å²) in [7, 11) is -10.7. The van der Waals surface area contributed by atoms with Crippen molar-refractivity contribution in [1.82, 2.24) is 0 Å². The van der Waals surface area contributed by atoms with E-state index in [1.165, 1.54) is 6.92 Å². The first kappa shape index (κ1) is 32.7. The van der Waals surface area contributed by atoms with Crippen LogP contribution >= 0.6 is 0 Å². The van der Waals surface area contributed by atoms with Crippen LogP contribution < -0.4 is 0 Å². The minimum absolute atomic E-state index is 0.139. The average molecular weight is 504 g/mol. The van der Waals surface area contributed by atoms with Crippen LogP contribution in [0.4, 0.5) is 43.9 Å². The number of hydrogen-bond acceptors (Lipinski definition) is 6. The molecular weight excluding hydrogens is 490 g/mol. The molecule has 1 atom stereocenters. The van der Waals surface area contributed by atoms with Gasteiger partial charge in [0.05, 0.1) is 12.7 Å². The van der Waals surface area contributed by atoms with Crippen molar-refractivity contribution in [1.29, 1.82) is 0 Å². The van der Waals surface area contributed by atoms with Gasteiger partial charge in [0.2, 0.25) is 0 Å². The highest BCUT2D eigenvalue weighted by molar-refractivity contribution is 7.86. The molecule has 0 fully saturated rings. The third-order valence-electron chi connectivity index (χ3n) is 1.82. The predicted molar refractivity (Wildman–Crippen MR) is 73.6 cm³/mol. The van der Waals surface area contributed by atoms with E-state index in [0.717, 1.165) is 0 Å². The topological polar surface area (TPSA) is 149 Å². The molecule has 0 aliphatic rings. The molecule has 0 amide bonds. The van der Waals surface area contributed by atoms with Crippen LogP contribution in [0, 0.1) is 0 Å². The molecule has 8 nitrogen and oxygen atoms in total. The van der Waals surface area contributed by atoms with Crippen LogP contribution in [-0.4, -0.2) is 84.6 Å². The van der Waals surface area contributed by atoms with Crippen molar-refractivity contribution in [2.24, 2.45) is 0 Å². The zero-order chi connectivity index (χ0) is 24.7. The lowest BCUT2D eigenvalue weighted by atomic mass is 10.4. The highest BCUT2D eigenvalue weighted by atomic mass is 32.2. The van der Waals surface area contributed by atoms with E-state index in [2.05, 4.69) is 0 Å². The van der Waals surface area contributed by atoms with Gasteiger partial charge in [-0.25, -0.2) is 0 Å². The highest BCUT2D eigenvalue weighted by Gasteiger charge is 2.60. The summed E-state index contributed by atoms with van der Waals surface area (Å²) in [5, 5.41) is 16.0. The molecule has 0 aromatic heterocycles. The Balaban J connectivity index is -0.000000380. The number of hydrogen-bond donors (Lipinski definition) is 4. The first-order valence-corrected chi connectivity index (χ1v) is 9.48. The van der Waals surface area contributed by atoms with Crippen LogP contribution in [0.1, 0.15) is 6.92 Å². The Bertz CT molecular complexity index is 625. The van der Waals surface area contributed by atoms with E-state index in [1.807, 2.05) is 0 Å². The van der Waals surface area contributed by atoms with Gasteiger partial charge in [-0.05, 0) is 6.92 Å². The summed E-state index contributed by atoms with van der Waals surface area (Å²) in [4.78, 5) is 0. The minimum Gasteiger partial charge on any atom is -0.394 e. The largest absolute Gasteiger partial charge is 0.454 e. The Morgan fingerprint density at radius 1 is 0.690 bits per heavy atom. The SMILES string of the molecule is CC(O)CO.O=S(=O)(O)CC(F)(F)C(F)(F)F.O=S(=O)(O)CC(F)(F)C(F)(F)F. The zero-order valence-corrected chi connectivity index (χ0v) is 15.3. The Labute approximate surface area is 156 Å². The maximum Gasteiger partial charge on any atom is 0.454 e. The third-order valence-corrected chi connectivity index (χ3v) is 3.28. The van der Waals surface area contributed by atoms with Gasteiger partial charge in [-0.15, -0.1) is 0 Å². The van der Waals surface area contributed by atoms with Crippen molar-refractivity contribution in [3.05, 3.63) is 0 Å². The smallest absolute Gasteiger partial charge is 0.394 e. The van der Waals surface area contributed by atoms with Crippen LogP contribution in [-0.2, 0) is 20.2 Å². The second-order valence-electron chi connectivity index (χ2n) is 4.89. The molecule has 0 bridgehead atoms. The van der Waals surface area contributed by atoms with Gasteiger partial charge in [-0.2, -0.15) is 60.7 Å². The minimum atomic E-state index is -5.97. The van der Waals surface area contributed by atoms with Gasteiger partial charge in [0, 0.05) is 0 Å². The third kappa shape index (κ3) is 17.6. The molecule has 0 heterocycles. The van der Waals surface area contributed by atoms with E-state index in [9.17, 15) is 60.7 Å².